The molecule has 0 aromatic heterocycles. The second-order valence-electron chi connectivity index (χ2n) is 13.7. The predicted octanol–water partition coefficient (Wildman–Crippen LogP) is 1.88. The number of carboxylic acids is 1. The molecule has 248 valence electrons. The van der Waals surface area contributed by atoms with E-state index in [2.05, 4.69) is 50.9 Å². The molecule has 3 aliphatic rings. The van der Waals surface area contributed by atoms with Crippen LogP contribution >= 0.6 is 0 Å². The summed E-state index contributed by atoms with van der Waals surface area (Å²) in [6.45, 7) is 5.28. The molecule has 45 heavy (non-hydrogen) atoms. The molecule has 0 saturated carbocycles. The van der Waals surface area contributed by atoms with Crippen LogP contribution in [-0.2, 0) is 25.2 Å². The van der Waals surface area contributed by atoms with E-state index in [0.717, 1.165) is 65.6 Å². The van der Waals surface area contributed by atoms with Crippen molar-refractivity contribution in [2.24, 2.45) is 5.92 Å². The van der Waals surface area contributed by atoms with Crippen molar-refractivity contribution in [1.29, 1.82) is 0 Å². The van der Waals surface area contributed by atoms with Crippen LogP contribution in [0.1, 0.15) is 68.1 Å². The number of anilines is 1. The summed E-state index contributed by atoms with van der Waals surface area (Å²) in [6.07, 6.45) is 5.66. The van der Waals surface area contributed by atoms with Crippen molar-refractivity contribution in [2.45, 2.75) is 68.3 Å². The topological polar surface area (TPSA) is 90.4 Å². The number of benzene rings is 2. The Balaban J connectivity index is 1.43. The van der Waals surface area contributed by atoms with Gasteiger partial charge in [-0.2, -0.15) is 0 Å². The molecule has 0 bridgehead atoms. The third-order valence-corrected chi connectivity index (χ3v) is 12.6. The molecule has 2 amide bonds. The summed E-state index contributed by atoms with van der Waals surface area (Å²) < 4.78 is 6.82. The summed E-state index contributed by atoms with van der Waals surface area (Å²) in [5.41, 5.74) is 4.31. The predicted molar refractivity (Wildman–Crippen MR) is 175 cm³/mol. The van der Waals surface area contributed by atoms with Crippen molar-refractivity contribution in [3.05, 3.63) is 59.2 Å². The second kappa shape index (κ2) is 14.8. The zero-order valence-corrected chi connectivity index (χ0v) is 29.6. The van der Waals surface area contributed by atoms with E-state index < -0.39 is 30.3 Å². The summed E-state index contributed by atoms with van der Waals surface area (Å²) in [7, 11) is 0. The van der Waals surface area contributed by atoms with E-state index in [1.165, 1.54) is 5.56 Å². The Kier molecular flexibility index (Phi) is 11.1. The third kappa shape index (κ3) is 8.39. The quantitative estimate of drug-likeness (QED) is 0.250. The molecule has 5 rings (SSSR count). The Bertz CT molecular complexity index is 1370. The van der Waals surface area contributed by atoms with Crippen molar-refractivity contribution in [1.82, 2.24) is 9.80 Å². The van der Waals surface area contributed by atoms with Gasteiger partial charge in [0.15, 0.2) is 0 Å². The number of carbonyl (C=O) groups excluding carboxylic acids is 2. The molecule has 2 saturated heterocycles. The first kappa shape index (κ1) is 33.7. The molecule has 3 heterocycles. The zero-order chi connectivity index (χ0) is 32.1. The van der Waals surface area contributed by atoms with E-state index in [9.17, 15) is 19.5 Å². The Labute approximate surface area is 273 Å². The first-order valence-electron chi connectivity index (χ1n) is 16.5. The van der Waals surface area contributed by atoms with Gasteiger partial charge in [0.05, 0.1) is 6.61 Å². The van der Waals surface area contributed by atoms with Crippen LogP contribution in [-0.4, -0.2) is 92.9 Å². The number of rotatable bonds is 13. The summed E-state index contributed by atoms with van der Waals surface area (Å²) in [5, 5.41) is 10.7. The van der Waals surface area contributed by atoms with E-state index in [0.29, 0.717) is 39.1 Å². The summed E-state index contributed by atoms with van der Waals surface area (Å²) in [6, 6.07) is 14.2. The molecular weight excluding hydrogens is 681 g/mol. The van der Waals surface area contributed by atoms with Crippen molar-refractivity contribution < 1.29 is 42.7 Å². The number of hydrogen-bond acceptors (Lipinski definition) is 5. The molecular formula is C36H51IN3O5-. The molecule has 0 radical (unpaired) electrons. The molecule has 8 nitrogen and oxygen atoms in total. The number of amides is 2. The number of aliphatic carboxylic acids is 1. The van der Waals surface area contributed by atoms with Crippen molar-refractivity contribution >= 4 is 23.5 Å². The SMILES string of the molecule is CCCCN(C(=O)CN1C[C@H](c2ccc3c(c2)CCO3)[C@@H](C(=O)O)[C@@H]1CCN1CCCCC1=O)c1cccc(C[I-](C)(C)C)c1. The minimum absolute atomic E-state index is 0.00317. The first-order chi connectivity index (χ1) is 21.5. The number of piperidine rings is 1. The normalized spacial score (nSPS) is 22.3. The van der Waals surface area contributed by atoms with E-state index in [4.69, 9.17) is 4.74 Å². The number of hydrogen-bond donors (Lipinski definition) is 1. The first-order valence-corrected chi connectivity index (χ1v) is 24.5. The van der Waals surface area contributed by atoms with Gasteiger partial charge in [-0.25, -0.2) is 0 Å². The number of alkyl halides is 4. The van der Waals surface area contributed by atoms with Crippen LogP contribution in [0.5, 0.6) is 5.75 Å². The fraction of sp³-hybridized carbons (Fsp3) is 0.583. The van der Waals surface area contributed by atoms with Gasteiger partial charge in [0, 0.05) is 19.4 Å². The standard InChI is InChI=1S/C36H51IN3O5/c1-5-6-18-40(29-11-9-10-26(21-29)23-37(2,3)4)34(42)25-39-24-30(27-13-14-32-28(22-27)16-20-45-32)35(36(43)44)31(39)15-19-38-17-8-7-12-33(38)41/h9-11,13-14,21-22,30-31,35H,5-8,12,15-20,23-25H2,1-4H3,(H,43,44)/q-1/t30-,31+,35-/m1/s1. The van der Waals surface area contributed by atoms with Crippen LogP contribution in [0.25, 0.3) is 0 Å². The van der Waals surface area contributed by atoms with E-state index in [-0.39, 0.29) is 30.3 Å². The van der Waals surface area contributed by atoms with Crippen molar-refractivity contribution in [3.8, 4) is 5.75 Å². The van der Waals surface area contributed by atoms with Crippen molar-refractivity contribution in [2.75, 3.05) is 59.0 Å². The molecule has 2 aromatic rings. The van der Waals surface area contributed by atoms with Crippen LogP contribution in [0, 0.1) is 5.92 Å². The van der Waals surface area contributed by atoms with Gasteiger partial charge in [0.25, 0.3) is 0 Å². The fourth-order valence-electron chi connectivity index (χ4n) is 7.26. The average molecular weight is 733 g/mol. The number of carboxylic acid groups (broad SMARTS) is 1. The second-order valence-corrected chi connectivity index (χ2v) is 25.5. The Morgan fingerprint density at radius 3 is 2.64 bits per heavy atom. The molecule has 9 heteroatoms. The molecule has 3 atom stereocenters. The fourth-order valence-corrected chi connectivity index (χ4v) is 10.4. The molecule has 2 fully saturated rings. The number of nitrogens with zero attached hydrogens (tertiary/aromatic N) is 3. The van der Waals surface area contributed by atoms with Gasteiger partial charge in [0.2, 0.25) is 5.91 Å². The average Bonchev–Trinajstić information content (AvgIpc) is 3.60. The number of likely N-dealkylation sites (tertiary alicyclic amines) is 2. The van der Waals surface area contributed by atoms with Gasteiger partial charge in [-0.1, -0.05) is 0 Å². The monoisotopic (exact) mass is 732 g/mol. The Hall–Kier alpha value is -2.66. The van der Waals surface area contributed by atoms with Crippen LogP contribution in [0.3, 0.4) is 0 Å². The third-order valence-electron chi connectivity index (χ3n) is 9.44. The van der Waals surface area contributed by atoms with E-state index in [1.54, 1.807) is 0 Å². The van der Waals surface area contributed by atoms with Gasteiger partial charge in [-0.15, -0.1) is 0 Å². The maximum absolute atomic E-state index is 14.2. The Morgan fingerprint density at radius 2 is 1.91 bits per heavy atom. The van der Waals surface area contributed by atoms with Crippen LogP contribution < -0.4 is 28.1 Å². The summed E-state index contributed by atoms with van der Waals surface area (Å²) in [4.78, 5) is 53.0. The molecule has 2 aromatic carbocycles. The molecule has 0 aliphatic carbocycles. The van der Waals surface area contributed by atoms with Gasteiger partial charge in [-0.3, -0.25) is 4.79 Å². The maximum atomic E-state index is 14.2. The number of ether oxygens (including phenoxy) is 1. The number of carbonyl (C=O) groups is 3. The minimum atomic E-state index is -1.78. The number of unbranched alkanes of at least 4 members (excludes halogenated alkanes) is 1. The zero-order valence-electron chi connectivity index (χ0n) is 27.5. The van der Waals surface area contributed by atoms with Gasteiger partial charge in [-0.05, 0) is 24.5 Å². The van der Waals surface area contributed by atoms with E-state index in [1.807, 2.05) is 28.0 Å². The number of halogens is 1. The molecule has 3 aliphatic heterocycles. The molecule has 0 unspecified atom stereocenters. The Morgan fingerprint density at radius 1 is 1.09 bits per heavy atom. The van der Waals surface area contributed by atoms with Crippen LogP contribution in [0.2, 0.25) is 0 Å². The van der Waals surface area contributed by atoms with Crippen molar-refractivity contribution in [3.63, 3.8) is 0 Å². The van der Waals surface area contributed by atoms with Gasteiger partial charge < -0.3 is 4.74 Å². The van der Waals surface area contributed by atoms with E-state index >= 15 is 0 Å². The van der Waals surface area contributed by atoms with Gasteiger partial charge in [0.1, 0.15) is 5.75 Å². The molecule has 1 N–H and O–H groups in total. The summed E-state index contributed by atoms with van der Waals surface area (Å²) in [5.74, 6) is -0.751. The number of fused-ring (bicyclic) bond motifs is 1. The summed E-state index contributed by atoms with van der Waals surface area (Å²) >= 11 is -1.78. The molecule has 0 spiro atoms. The van der Waals surface area contributed by atoms with Crippen LogP contribution in [0.15, 0.2) is 42.5 Å². The van der Waals surface area contributed by atoms with Crippen LogP contribution in [0.4, 0.5) is 5.69 Å². The van der Waals surface area contributed by atoms with Gasteiger partial charge >= 0.3 is 202 Å².